The first-order valence-electron chi connectivity index (χ1n) is 11.5. The summed E-state index contributed by atoms with van der Waals surface area (Å²) >= 11 is 0. The third-order valence-electron chi connectivity index (χ3n) is 7.70. The lowest BCUT2D eigenvalue weighted by Gasteiger charge is -2.31. The van der Waals surface area contributed by atoms with E-state index in [-0.39, 0.29) is 12.4 Å². The molecular weight excluding hydrogens is 376 g/mol. The van der Waals surface area contributed by atoms with Gasteiger partial charge in [-0.05, 0) is 73.1 Å². The van der Waals surface area contributed by atoms with Gasteiger partial charge < -0.3 is 4.57 Å². The quantitative estimate of drug-likeness (QED) is 0.510. The fourth-order valence-corrected chi connectivity index (χ4v) is 6.39. The number of pyridine rings is 1. The molecule has 4 aliphatic rings. The lowest BCUT2D eigenvalue weighted by atomic mass is 9.77. The lowest BCUT2D eigenvalue weighted by Crippen LogP contribution is -2.17. The van der Waals surface area contributed by atoms with Crippen molar-refractivity contribution in [3.63, 3.8) is 0 Å². The van der Waals surface area contributed by atoms with Gasteiger partial charge in [-0.2, -0.15) is 0 Å². The van der Waals surface area contributed by atoms with E-state index in [1.165, 1.54) is 85.5 Å². The Hall–Kier alpha value is -1.80. The first-order chi connectivity index (χ1) is 13.9. The molecule has 3 heterocycles. The number of hydrogen-bond acceptors (Lipinski definition) is 1. The Morgan fingerprint density at radius 2 is 1.90 bits per heavy atom. The molecule has 0 bridgehead atoms. The van der Waals surface area contributed by atoms with Gasteiger partial charge in [0.2, 0.25) is 0 Å². The molecule has 0 N–H and O–H groups in total. The molecule has 1 atom stereocenters. The third kappa shape index (κ3) is 3.20. The molecule has 0 amide bonds. The Morgan fingerprint density at radius 1 is 1.00 bits per heavy atom. The van der Waals surface area contributed by atoms with E-state index >= 15 is 0 Å². The molecule has 1 aliphatic heterocycles. The van der Waals surface area contributed by atoms with Crippen LogP contribution < -0.4 is 0 Å². The molecule has 0 aromatic carbocycles. The van der Waals surface area contributed by atoms with E-state index in [9.17, 15) is 0 Å². The predicted octanol–water partition coefficient (Wildman–Crippen LogP) is 7.34. The maximum absolute atomic E-state index is 4.45. The molecule has 2 aromatic heterocycles. The number of aromatic nitrogens is 2. The normalized spacial score (nSPS) is 23.9. The first kappa shape index (κ1) is 19.2. The second-order valence-electron chi connectivity index (χ2n) is 9.41. The number of rotatable bonds is 2. The number of nitrogens with zero attached hydrogens (tertiary/aromatic N) is 2. The van der Waals surface area contributed by atoms with Crippen LogP contribution in [0.2, 0.25) is 0 Å². The minimum absolute atomic E-state index is 0. The van der Waals surface area contributed by atoms with Crippen LogP contribution in [0.25, 0.3) is 22.2 Å². The highest BCUT2D eigenvalue weighted by atomic mass is 35.5. The van der Waals surface area contributed by atoms with Gasteiger partial charge in [0.25, 0.3) is 0 Å². The van der Waals surface area contributed by atoms with Crippen LogP contribution in [0, 0.1) is 11.8 Å². The average molecular weight is 407 g/mol. The highest BCUT2D eigenvalue weighted by Gasteiger charge is 2.30. The van der Waals surface area contributed by atoms with E-state index in [2.05, 4.69) is 40.0 Å². The smallest absolute Gasteiger partial charge is 0.0567 e. The van der Waals surface area contributed by atoms with Gasteiger partial charge in [0.05, 0.1) is 11.2 Å². The Kier molecular flexibility index (Phi) is 5.16. The van der Waals surface area contributed by atoms with Crippen molar-refractivity contribution in [2.45, 2.75) is 70.6 Å². The van der Waals surface area contributed by atoms with Crippen molar-refractivity contribution < 1.29 is 0 Å². The second-order valence-corrected chi connectivity index (χ2v) is 9.41. The summed E-state index contributed by atoms with van der Waals surface area (Å²) in [6.07, 6.45) is 26.4. The van der Waals surface area contributed by atoms with E-state index in [0.717, 1.165) is 24.7 Å². The summed E-state index contributed by atoms with van der Waals surface area (Å²) in [6.45, 7) is 0. The summed E-state index contributed by atoms with van der Waals surface area (Å²) in [5, 5.41) is 1.37. The highest BCUT2D eigenvalue weighted by Crippen LogP contribution is 2.45. The molecule has 3 heteroatoms. The molecule has 0 saturated heterocycles. The molecule has 0 radical (unpaired) electrons. The Bertz CT molecular complexity index is 1020. The molecule has 1 saturated carbocycles. The number of hydrogen-bond donors (Lipinski definition) is 0. The van der Waals surface area contributed by atoms with E-state index in [1.807, 2.05) is 6.20 Å². The van der Waals surface area contributed by atoms with Crippen molar-refractivity contribution in [1.82, 2.24) is 9.55 Å². The van der Waals surface area contributed by atoms with E-state index in [1.54, 1.807) is 11.3 Å². The summed E-state index contributed by atoms with van der Waals surface area (Å²) in [7, 11) is 0. The molecule has 0 spiro atoms. The van der Waals surface area contributed by atoms with Crippen molar-refractivity contribution in [2.24, 2.45) is 11.8 Å². The van der Waals surface area contributed by atoms with Crippen LogP contribution in [-0.2, 0) is 6.42 Å². The minimum Gasteiger partial charge on any atom is -0.312 e. The number of halogens is 1. The van der Waals surface area contributed by atoms with Gasteiger partial charge >= 0.3 is 0 Å². The van der Waals surface area contributed by atoms with Crippen LogP contribution >= 0.6 is 12.4 Å². The maximum Gasteiger partial charge on any atom is 0.0567 e. The van der Waals surface area contributed by atoms with Gasteiger partial charge in [-0.25, -0.2) is 0 Å². The molecule has 6 rings (SSSR count). The zero-order valence-corrected chi connectivity index (χ0v) is 18.0. The summed E-state index contributed by atoms with van der Waals surface area (Å²) in [6, 6.07) is 2.23. The van der Waals surface area contributed by atoms with Crippen molar-refractivity contribution >= 4 is 34.6 Å². The van der Waals surface area contributed by atoms with Crippen LogP contribution in [0.4, 0.5) is 0 Å². The molecular formula is C26H31ClN2. The van der Waals surface area contributed by atoms with Gasteiger partial charge in [0, 0.05) is 23.5 Å². The monoisotopic (exact) mass is 406 g/mol. The van der Waals surface area contributed by atoms with Gasteiger partial charge in [-0.15, -0.1) is 12.4 Å². The highest BCUT2D eigenvalue weighted by molar-refractivity contribution is 5.96. The molecule has 3 aliphatic carbocycles. The van der Waals surface area contributed by atoms with Crippen molar-refractivity contribution in [2.75, 3.05) is 0 Å². The summed E-state index contributed by atoms with van der Waals surface area (Å²) in [5.74, 6) is 1.88. The summed E-state index contributed by atoms with van der Waals surface area (Å²) in [4.78, 5) is 4.45. The number of aryl methyl sites for hydroxylation is 1. The van der Waals surface area contributed by atoms with Gasteiger partial charge in [0.15, 0.2) is 0 Å². The average Bonchev–Trinajstić information content (AvgIpc) is 2.98. The Morgan fingerprint density at radius 3 is 2.79 bits per heavy atom. The molecule has 1 fully saturated rings. The standard InChI is InChI=1S/C26H30N2.ClH/c1-2-5-18(6-3-1)15-19-9-12-24-21(16-19)11-10-20-7-4-8-22-23-17-27-14-13-25(23)28(24)26(20)22;/h7,10-11,13-14,17-19H,1-6,8-9,12,15-16H2;1H. The molecule has 2 nitrogen and oxygen atoms in total. The number of allylic oxidation sites excluding steroid dienone is 6. The van der Waals surface area contributed by atoms with Crippen LogP contribution in [0.1, 0.15) is 75.5 Å². The van der Waals surface area contributed by atoms with Crippen LogP contribution in [0.5, 0.6) is 0 Å². The fraction of sp³-hybridized carbons (Fsp3) is 0.500. The topological polar surface area (TPSA) is 17.8 Å². The van der Waals surface area contributed by atoms with Gasteiger partial charge in [-0.1, -0.05) is 50.3 Å². The van der Waals surface area contributed by atoms with Crippen LogP contribution in [-0.4, -0.2) is 9.55 Å². The zero-order chi connectivity index (χ0) is 18.5. The predicted molar refractivity (Wildman–Crippen MR) is 124 cm³/mol. The lowest BCUT2D eigenvalue weighted by molar-refractivity contribution is 0.275. The molecule has 1 unspecified atom stereocenters. The second kappa shape index (κ2) is 7.80. The zero-order valence-electron chi connectivity index (χ0n) is 17.2. The maximum atomic E-state index is 4.45. The van der Waals surface area contributed by atoms with Crippen LogP contribution in [0.3, 0.4) is 0 Å². The van der Waals surface area contributed by atoms with Crippen LogP contribution in [0.15, 0.2) is 42.3 Å². The van der Waals surface area contributed by atoms with Gasteiger partial charge in [0.1, 0.15) is 0 Å². The molecule has 29 heavy (non-hydrogen) atoms. The fourth-order valence-electron chi connectivity index (χ4n) is 6.39. The van der Waals surface area contributed by atoms with Crippen molar-refractivity contribution in [3.8, 4) is 0 Å². The van der Waals surface area contributed by atoms with Crippen molar-refractivity contribution in [1.29, 1.82) is 0 Å². The first-order valence-corrected chi connectivity index (χ1v) is 11.5. The Labute approximate surface area is 180 Å². The number of fused-ring (bicyclic) bond motifs is 4. The molecule has 152 valence electrons. The third-order valence-corrected chi connectivity index (χ3v) is 7.70. The van der Waals surface area contributed by atoms with E-state index in [4.69, 9.17) is 0 Å². The largest absolute Gasteiger partial charge is 0.312 e. The summed E-state index contributed by atoms with van der Waals surface area (Å²) < 4.78 is 2.61. The van der Waals surface area contributed by atoms with Crippen molar-refractivity contribution in [3.05, 3.63) is 53.5 Å². The Balaban J connectivity index is 0.00000181. The summed E-state index contributed by atoms with van der Waals surface area (Å²) in [5.41, 5.74) is 8.94. The molecule has 2 aromatic rings. The SMILES string of the molecule is C1=CC2=C(CCC(CC3CCCCC3)C2)n2c3c(c4cnccc42)CCC=C13.Cl. The minimum atomic E-state index is 0. The van der Waals surface area contributed by atoms with E-state index < -0.39 is 0 Å². The van der Waals surface area contributed by atoms with E-state index in [0.29, 0.717) is 0 Å². The van der Waals surface area contributed by atoms with Gasteiger partial charge in [-0.3, -0.25) is 4.98 Å².